The minimum atomic E-state index is -0.905. The van der Waals surface area contributed by atoms with Gasteiger partial charge in [-0.2, -0.15) is 0 Å². The van der Waals surface area contributed by atoms with E-state index in [2.05, 4.69) is 15.9 Å². The summed E-state index contributed by atoms with van der Waals surface area (Å²) in [5.74, 6) is -0.167. The second-order valence-corrected chi connectivity index (χ2v) is 5.55. The fourth-order valence-corrected chi connectivity index (χ4v) is 2.59. The Labute approximate surface area is 134 Å². The van der Waals surface area contributed by atoms with Crippen molar-refractivity contribution in [3.8, 4) is 11.5 Å². The fraction of sp³-hybridized carbons (Fsp3) is 0.200. The highest BCUT2D eigenvalue weighted by Crippen LogP contribution is 2.39. The molecule has 0 amide bonds. The molecule has 6 heteroatoms. The van der Waals surface area contributed by atoms with Gasteiger partial charge in [-0.25, -0.2) is 8.78 Å². The Morgan fingerprint density at radius 3 is 2.33 bits per heavy atom. The van der Waals surface area contributed by atoms with Gasteiger partial charge < -0.3 is 9.47 Å². The first-order valence-corrected chi connectivity index (χ1v) is 7.21. The van der Waals surface area contributed by atoms with Crippen molar-refractivity contribution in [1.82, 2.24) is 0 Å². The Hall–Kier alpha value is -1.33. The van der Waals surface area contributed by atoms with Gasteiger partial charge in [-0.05, 0) is 46.3 Å². The lowest BCUT2D eigenvalue weighted by Gasteiger charge is -2.16. The highest BCUT2D eigenvalue weighted by Gasteiger charge is 2.21. The maximum absolute atomic E-state index is 14.0. The number of hydrogen-bond acceptors (Lipinski definition) is 2. The standard InChI is InChI=1S/C15H12BrClF2O2/c1-20-8-3-4-14(21-2)10(5-8)15(17)9-6-13(19)11(16)7-12(9)18/h3-7,15H,1-2H3. The van der Waals surface area contributed by atoms with E-state index in [9.17, 15) is 8.78 Å². The molecule has 2 aromatic rings. The van der Waals surface area contributed by atoms with E-state index >= 15 is 0 Å². The Morgan fingerprint density at radius 2 is 1.71 bits per heavy atom. The lowest BCUT2D eigenvalue weighted by molar-refractivity contribution is 0.399. The molecule has 21 heavy (non-hydrogen) atoms. The number of benzene rings is 2. The fourth-order valence-electron chi connectivity index (χ4n) is 1.94. The van der Waals surface area contributed by atoms with Crippen LogP contribution in [0.1, 0.15) is 16.5 Å². The lowest BCUT2D eigenvalue weighted by atomic mass is 10.0. The average Bonchev–Trinajstić information content (AvgIpc) is 2.49. The molecule has 1 unspecified atom stereocenters. The second kappa shape index (κ2) is 6.62. The van der Waals surface area contributed by atoms with Crippen LogP contribution in [0.5, 0.6) is 11.5 Å². The van der Waals surface area contributed by atoms with E-state index in [1.165, 1.54) is 14.2 Å². The first-order chi connectivity index (χ1) is 9.97. The molecule has 0 fully saturated rings. The first-order valence-electron chi connectivity index (χ1n) is 5.98. The van der Waals surface area contributed by atoms with Crippen LogP contribution in [-0.2, 0) is 0 Å². The highest BCUT2D eigenvalue weighted by molar-refractivity contribution is 9.10. The van der Waals surface area contributed by atoms with Gasteiger partial charge in [0.2, 0.25) is 0 Å². The van der Waals surface area contributed by atoms with E-state index in [0.29, 0.717) is 17.1 Å². The maximum Gasteiger partial charge on any atom is 0.137 e. The number of rotatable bonds is 4. The molecule has 2 rings (SSSR count). The number of hydrogen-bond donors (Lipinski definition) is 0. The Balaban J connectivity index is 2.53. The monoisotopic (exact) mass is 376 g/mol. The molecule has 0 N–H and O–H groups in total. The molecule has 0 heterocycles. The van der Waals surface area contributed by atoms with Gasteiger partial charge in [0.25, 0.3) is 0 Å². The number of ether oxygens (including phenoxy) is 2. The minimum absolute atomic E-state index is 0.0314. The summed E-state index contributed by atoms with van der Waals surface area (Å²) in [6, 6.07) is 7.11. The van der Waals surface area contributed by atoms with E-state index in [4.69, 9.17) is 21.1 Å². The van der Waals surface area contributed by atoms with Gasteiger partial charge in [0.05, 0.1) is 24.1 Å². The molecule has 0 bridgehead atoms. The van der Waals surface area contributed by atoms with Gasteiger partial charge in [-0.15, -0.1) is 11.6 Å². The lowest BCUT2D eigenvalue weighted by Crippen LogP contribution is -2.02. The van der Waals surface area contributed by atoms with Crippen LogP contribution in [0.3, 0.4) is 0 Å². The largest absolute Gasteiger partial charge is 0.497 e. The SMILES string of the molecule is COc1ccc(OC)c(C(Cl)c2cc(F)c(Br)cc2F)c1. The summed E-state index contributed by atoms with van der Waals surface area (Å²) >= 11 is 9.25. The third-order valence-electron chi connectivity index (χ3n) is 3.02. The van der Waals surface area contributed by atoms with Crippen molar-refractivity contribution in [2.75, 3.05) is 14.2 Å². The predicted molar refractivity (Wildman–Crippen MR) is 81.3 cm³/mol. The van der Waals surface area contributed by atoms with Crippen LogP contribution in [0.4, 0.5) is 8.78 Å². The van der Waals surface area contributed by atoms with E-state index < -0.39 is 17.0 Å². The third-order valence-corrected chi connectivity index (χ3v) is 4.10. The van der Waals surface area contributed by atoms with E-state index in [1.54, 1.807) is 18.2 Å². The summed E-state index contributed by atoms with van der Waals surface area (Å²) in [5, 5.41) is -0.905. The molecular weight excluding hydrogens is 366 g/mol. The summed E-state index contributed by atoms with van der Waals surface area (Å²) in [7, 11) is 2.99. The van der Waals surface area contributed by atoms with Crippen LogP contribution in [0.25, 0.3) is 0 Å². The van der Waals surface area contributed by atoms with Gasteiger partial charge in [0.15, 0.2) is 0 Å². The average molecular weight is 378 g/mol. The topological polar surface area (TPSA) is 18.5 Å². The van der Waals surface area contributed by atoms with Crippen LogP contribution < -0.4 is 9.47 Å². The highest BCUT2D eigenvalue weighted by atomic mass is 79.9. The Kier molecular flexibility index (Phi) is 5.06. The van der Waals surface area contributed by atoms with Crippen LogP contribution in [0, 0.1) is 11.6 Å². The van der Waals surface area contributed by atoms with Crippen LogP contribution in [0.15, 0.2) is 34.8 Å². The van der Waals surface area contributed by atoms with Crippen LogP contribution in [0.2, 0.25) is 0 Å². The van der Waals surface area contributed by atoms with Crippen LogP contribution in [-0.4, -0.2) is 14.2 Å². The van der Waals surface area contributed by atoms with E-state index in [0.717, 1.165) is 12.1 Å². The number of methoxy groups -OCH3 is 2. The molecule has 0 aromatic heterocycles. The molecule has 1 atom stereocenters. The van der Waals surface area contributed by atoms with Gasteiger partial charge in [-0.3, -0.25) is 0 Å². The minimum Gasteiger partial charge on any atom is -0.497 e. The van der Waals surface area contributed by atoms with Crippen molar-refractivity contribution in [3.63, 3.8) is 0 Å². The van der Waals surface area contributed by atoms with Gasteiger partial charge in [0, 0.05) is 11.1 Å². The molecule has 0 saturated heterocycles. The number of halogens is 4. The van der Waals surface area contributed by atoms with E-state index in [1.807, 2.05) is 0 Å². The summed E-state index contributed by atoms with van der Waals surface area (Å²) in [5.41, 5.74) is 0.531. The molecule has 0 aliphatic heterocycles. The van der Waals surface area contributed by atoms with Gasteiger partial charge in [-0.1, -0.05) is 0 Å². The van der Waals surface area contributed by atoms with Crippen molar-refractivity contribution in [1.29, 1.82) is 0 Å². The second-order valence-electron chi connectivity index (χ2n) is 4.26. The van der Waals surface area contributed by atoms with Gasteiger partial charge >= 0.3 is 0 Å². The van der Waals surface area contributed by atoms with E-state index in [-0.39, 0.29) is 10.0 Å². The van der Waals surface area contributed by atoms with Gasteiger partial charge in [0.1, 0.15) is 23.1 Å². The maximum atomic E-state index is 14.0. The first kappa shape index (κ1) is 16.0. The zero-order valence-electron chi connectivity index (χ0n) is 11.3. The Bertz CT molecular complexity index is 664. The Morgan fingerprint density at radius 1 is 1.00 bits per heavy atom. The molecule has 0 radical (unpaired) electrons. The van der Waals surface area contributed by atoms with Crippen molar-refractivity contribution in [3.05, 3.63) is 57.6 Å². The third kappa shape index (κ3) is 3.30. The molecule has 0 aliphatic rings. The predicted octanol–water partition coefficient (Wildman–Crippen LogP) is 5.07. The summed E-state index contributed by atoms with van der Waals surface area (Å²) in [4.78, 5) is 0. The van der Waals surface area contributed by atoms with Crippen LogP contribution >= 0.6 is 27.5 Å². The molecule has 0 aliphatic carbocycles. The molecular formula is C15H12BrClF2O2. The van der Waals surface area contributed by atoms with Crippen molar-refractivity contribution in [2.45, 2.75) is 5.38 Å². The normalized spacial score (nSPS) is 12.1. The molecule has 0 spiro atoms. The number of alkyl halides is 1. The van der Waals surface area contributed by atoms with Crippen molar-refractivity contribution in [2.24, 2.45) is 0 Å². The quantitative estimate of drug-likeness (QED) is 0.547. The summed E-state index contributed by atoms with van der Waals surface area (Å²) < 4.78 is 38.1. The smallest absolute Gasteiger partial charge is 0.137 e. The summed E-state index contributed by atoms with van der Waals surface area (Å²) in [6.45, 7) is 0. The zero-order valence-corrected chi connectivity index (χ0v) is 13.6. The molecule has 2 aromatic carbocycles. The molecule has 112 valence electrons. The van der Waals surface area contributed by atoms with Crippen molar-refractivity contribution >= 4 is 27.5 Å². The summed E-state index contributed by atoms with van der Waals surface area (Å²) in [6.07, 6.45) is 0. The molecule has 2 nitrogen and oxygen atoms in total. The van der Waals surface area contributed by atoms with Crippen molar-refractivity contribution < 1.29 is 18.3 Å². The zero-order chi connectivity index (χ0) is 15.6. The molecule has 0 saturated carbocycles.